The van der Waals surface area contributed by atoms with Gasteiger partial charge >= 0.3 is 0 Å². The number of hydrogen-bond donors (Lipinski definition) is 2. The second kappa shape index (κ2) is 5.93. The minimum atomic E-state index is -0.647. The largest absolute Gasteiger partial charge is 0.485 e. The number of amides is 1. The Morgan fingerprint density at radius 3 is 2.79 bits per heavy atom. The average Bonchev–Trinajstić information content (AvgIpc) is 2.37. The van der Waals surface area contributed by atoms with E-state index in [1.165, 1.54) is 0 Å². The molecule has 104 valence electrons. The van der Waals surface area contributed by atoms with Crippen molar-refractivity contribution in [1.29, 1.82) is 0 Å². The highest BCUT2D eigenvalue weighted by atomic mass is 16.6. The fraction of sp³-hybridized carbons (Fsp3) is 0.500. The molecule has 5 heteroatoms. The van der Waals surface area contributed by atoms with Crippen LogP contribution in [0.15, 0.2) is 24.3 Å². The van der Waals surface area contributed by atoms with E-state index in [1.54, 1.807) is 19.1 Å². The summed E-state index contributed by atoms with van der Waals surface area (Å²) in [5.74, 6) is 1.02. The number of nitrogens with one attached hydrogen (secondary N) is 1. The van der Waals surface area contributed by atoms with E-state index in [2.05, 4.69) is 5.32 Å². The van der Waals surface area contributed by atoms with E-state index in [4.69, 9.17) is 9.47 Å². The van der Waals surface area contributed by atoms with Gasteiger partial charge in [0.2, 0.25) is 6.10 Å². The van der Waals surface area contributed by atoms with Gasteiger partial charge in [-0.25, -0.2) is 0 Å². The zero-order valence-electron chi connectivity index (χ0n) is 11.1. The zero-order chi connectivity index (χ0) is 13.8. The summed E-state index contributed by atoms with van der Waals surface area (Å²) >= 11 is 0. The van der Waals surface area contributed by atoms with E-state index >= 15 is 0 Å². The molecule has 0 saturated heterocycles. The zero-order valence-corrected chi connectivity index (χ0v) is 11.1. The summed E-state index contributed by atoms with van der Waals surface area (Å²) in [7, 11) is 0. The molecule has 1 aliphatic rings. The Kier molecular flexibility index (Phi) is 4.27. The molecule has 0 bridgehead atoms. The van der Waals surface area contributed by atoms with E-state index in [0.29, 0.717) is 17.9 Å². The number of carbonyl (C=O) groups is 1. The number of rotatable bonds is 4. The normalized spacial score (nSPS) is 20.5. The van der Waals surface area contributed by atoms with Crippen LogP contribution in [-0.2, 0) is 4.79 Å². The van der Waals surface area contributed by atoms with E-state index in [0.717, 1.165) is 0 Å². The first-order chi connectivity index (χ1) is 9.06. The fourth-order valence-electron chi connectivity index (χ4n) is 2.06. The Labute approximate surface area is 112 Å². The highest BCUT2D eigenvalue weighted by Gasteiger charge is 2.28. The molecule has 5 nitrogen and oxygen atoms in total. The number of carbonyl (C=O) groups excluding carboxylic acids is 1. The molecule has 3 unspecified atom stereocenters. The number of para-hydroxylation sites is 2. The summed E-state index contributed by atoms with van der Waals surface area (Å²) in [4.78, 5) is 12.0. The van der Waals surface area contributed by atoms with Crippen molar-refractivity contribution in [2.75, 3.05) is 6.61 Å². The molecule has 2 rings (SSSR count). The van der Waals surface area contributed by atoms with E-state index < -0.39 is 12.2 Å². The summed E-state index contributed by atoms with van der Waals surface area (Å²) in [6.45, 7) is 3.74. The number of fused-ring (bicyclic) bond motifs is 1. The second-order valence-corrected chi connectivity index (χ2v) is 4.86. The topological polar surface area (TPSA) is 67.8 Å². The first-order valence-electron chi connectivity index (χ1n) is 6.43. The van der Waals surface area contributed by atoms with Crippen LogP contribution >= 0.6 is 0 Å². The van der Waals surface area contributed by atoms with Gasteiger partial charge in [0, 0.05) is 6.04 Å². The predicted octanol–water partition coefficient (Wildman–Crippen LogP) is 1.10. The molecule has 3 atom stereocenters. The maximum absolute atomic E-state index is 12.0. The quantitative estimate of drug-likeness (QED) is 0.855. The molecule has 2 N–H and O–H groups in total. The van der Waals surface area contributed by atoms with E-state index in [-0.39, 0.29) is 18.6 Å². The molecule has 0 saturated carbocycles. The Morgan fingerprint density at radius 1 is 1.42 bits per heavy atom. The lowest BCUT2D eigenvalue weighted by molar-refractivity contribution is -0.131. The van der Waals surface area contributed by atoms with Gasteiger partial charge in [-0.2, -0.15) is 0 Å². The molecule has 0 radical (unpaired) electrons. The maximum atomic E-state index is 12.0. The summed E-state index contributed by atoms with van der Waals surface area (Å²) in [6, 6.07) is 7.16. The first-order valence-corrected chi connectivity index (χ1v) is 6.43. The van der Waals surface area contributed by atoms with Crippen LogP contribution in [0.4, 0.5) is 0 Å². The third-order valence-corrected chi connectivity index (χ3v) is 2.88. The summed E-state index contributed by atoms with van der Waals surface area (Å²) in [6.07, 6.45) is -0.582. The standard InChI is InChI=1S/C14H19NO4/c1-9(7-10(2)16)15-14(17)13-8-18-11-5-3-4-6-12(11)19-13/h3-6,9-10,13,16H,7-8H2,1-2H3,(H,15,17). The lowest BCUT2D eigenvalue weighted by Crippen LogP contribution is -2.47. The van der Waals surface area contributed by atoms with E-state index in [9.17, 15) is 9.90 Å². The number of aliphatic hydroxyl groups excluding tert-OH is 1. The fourth-order valence-corrected chi connectivity index (χ4v) is 2.06. The molecule has 1 aromatic carbocycles. The van der Waals surface area contributed by atoms with Crippen LogP contribution in [-0.4, -0.2) is 35.9 Å². The van der Waals surface area contributed by atoms with Crippen molar-refractivity contribution in [3.8, 4) is 11.5 Å². The number of benzene rings is 1. The van der Waals surface area contributed by atoms with Crippen LogP contribution in [0.3, 0.4) is 0 Å². The van der Waals surface area contributed by atoms with Gasteiger partial charge in [0.1, 0.15) is 6.61 Å². The molecule has 1 heterocycles. The van der Waals surface area contributed by atoms with Crippen LogP contribution < -0.4 is 14.8 Å². The third kappa shape index (κ3) is 3.61. The van der Waals surface area contributed by atoms with Crippen LogP contribution in [0.25, 0.3) is 0 Å². The molecule has 0 spiro atoms. The third-order valence-electron chi connectivity index (χ3n) is 2.88. The molecule has 19 heavy (non-hydrogen) atoms. The van der Waals surface area contributed by atoms with E-state index in [1.807, 2.05) is 19.1 Å². The highest BCUT2D eigenvalue weighted by molar-refractivity contribution is 5.82. The molecule has 1 aromatic rings. The number of ether oxygens (including phenoxy) is 2. The van der Waals surface area contributed by atoms with Gasteiger partial charge in [-0.1, -0.05) is 12.1 Å². The van der Waals surface area contributed by atoms with Crippen molar-refractivity contribution >= 4 is 5.91 Å². The van der Waals surface area contributed by atoms with Crippen molar-refractivity contribution in [3.05, 3.63) is 24.3 Å². The molecular formula is C14H19NO4. The van der Waals surface area contributed by atoms with Gasteiger partial charge < -0.3 is 19.9 Å². The second-order valence-electron chi connectivity index (χ2n) is 4.86. The van der Waals surface area contributed by atoms with Crippen LogP contribution in [0, 0.1) is 0 Å². The van der Waals surface area contributed by atoms with Gasteiger partial charge in [0.25, 0.3) is 5.91 Å². The van der Waals surface area contributed by atoms with Crippen molar-refractivity contribution in [3.63, 3.8) is 0 Å². The summed E-state index contributed by atoms with van der Waals surface area (Å²) in [5, 5.41) is 12.1. The van der Waals surface area contributed by atoms with Gasteiger partial charge in [-0.15, -0.1) is 0 Å². The highest BCUT2D eigenvalue weighted by Crippen LogP contribution is 2.30. The smallest absolute Gasteiger partial charge is 0.264 e. The lowest BCUT2D eigenvalue weighted by atomic mass is 10.1. The van der Waals surface area contributed by atoms with Gasteiger partial charge in [0.15, 0.2) is 11.5 Å². The minimum absolute atomic E-state index is 0.103. The monoisotopic (exact) mass is 265 g/mol. The average molecular weight is 265 g/mol. The predicted molar refractivity (Wildman–Crippen MR) is 70.3 cm³/mol. The maximum Gasteiger partial charge on any atom is 0.264 e. The molecule has 0 aliphatic carbocycles. The molecule has 0 fully saturated rings. The molecular weight excluding hydrogens is 246 g/mol. The van der Waals surface area contributed by atoms with Crippen molar-refractivity contribution in [2.45, 2.75) is 38.5 Å². The van der Waals surface area contributed by atoms with Crippen LogP contribution in [0.1, 0.15) is 20.3 Å². The number of hydrogen-bond acceptors (Lipinski definition) is 4. The Morgan fingerprint density at radius 2 is 2.11 bits per heavy atom. The van der Waals surface area contributed by atoms with Crippen LogP contribution in [0.2, 0.25) is 0 Å². The van der Waals surface area contributed by atoms with Gasteiger partial charge in [-0.3, -0.25) is 4.79 Å². The molecule has 1 amide bonds. The Bertz CT molecular complexity index is 447. The number of aliphatic hydroxyl groups is 1. The summed E-state index contributed by atoms with van der Waals surface area (Å²) in [5.41, 5.74) is 0. The van der Waals surface area contributed by atoms with Gasteiger partial charge in [0.05, 0.1) is 6.10 Å². The van der Waals surface area contributed by atoms with Crippen molar-refractivity contribution in [2.24, 2.45) is 0 Å². The van der Waals surface area contributed by atoms with Gasteiger partial charge in [-0.05, 0) is 32.4 Å². The Hall–Kier alpha value is -1.75. The first kappa shape index (κ1) is 13.7. The minimum Gasteiger partial charge on any atom is -0.485 e. The van der Waals surface area contributed by atoms with Crippen molar-refractivity contribution in [1.82, 2.24) is 5.32 Å². The van der Waals surface area contributed by atoms with Crippen LogP contribution in [0.5, 0.6) is 11.5 Å². The molecule has 1 aliphatic heterocycles. The SMILES string of the molecule is CC(O)CC(C)NC(=O)C1COc2ccccc2O1. The Balaban J connectivity index is 1.92. The lowest BCUT2D eigenvalue weighted by Gasteiger charge is -2.27. The molecule has 0 aromatic heterocycles. The van der Waals surface area contributed by atoms with Crippen molar-refractivity contribution < 1.29 is 19.4 Å². The summed E-state index contributed by atoms with van der Waals surface area (Å²) < 4.78 is 11.1.